The van der Waals surface area contributed by atoms with E-state index >= 15 is 0 Å². The van der Waals surface area contributed by atoms with Gasteiger partial charge in [-0.3, -0.25) is 9.59 Å². The highest BCUT2D eigenvalue weighted by Crippen LogP contribution is 2.15. The van der Waals surface area contributed by atoms with E-state index in [2.05, 4.69) is 10.3 Å². The molecule has 1 aromatic carbocycles. The summed E-state index contributed by atoms with van der Waals surface area (Å²) in [6.45, 7) is 0.605. The molecule has 0 unspecified atom stereocenters. The quantitative estimate of drug-likeness (QED) is 0.796. The normalized spacial score (nSPS) is 10.1. The van der Waals surface area contributed by atoms with Crippen molar-refractivity contribution in [3.8, 4) is 5.75 Å². The van der Waals surface area contributed by atoms with Crippen LogP contribution in [0.4, 0.5) is 4.39 Å². The van der Waals surface area contributed by atoms with Crippen molar-refractivity contribution >= 4 is 5.91 Å². The molecular formula is C15H15FN2O3. The number of hydrogen-bond donors (Lipinski definition) is 2. The van der Waals surface area contributed by atoms with Crippen LogP contribution in [0.1, 0.15) is 16.8 Å². The predicted molar refractivity (Wildman–Crippen MR) is 75.9 cm³/mol. The van der Waals surface area contributed by atoms with Crippen LogP contribution in [0.2, 0.25) is 0 Å². The molecule has 0 saturated carbocycles. The number of pyridine rings is 1. The summed E-state index contributed by atoms with van der Waals surface area (Å²) in [4.78, 5) is 25.5. The number of rotatable bonds is 6. The molecule has 1 amide bonds. The number of aromatic nitrogens is 1. The van der Waals surface area contributed by atoms with Crippen molar-refractivity contribution in [2.45, 2.75) is 6.42 Å². The molecule has 6 heteroatoms. The van der Waals surface area contributed by atoms with Gasteiger partial charge in [-0.05, 0) is 30.7 Å². The van der Waals surface area contributed by atoms with Gasteiger partial charge in [0, 0.05) is 12.7 Å². The van der Waals surface area contributed by atoms with Gasteiger partial charge in [0.15, 0.2) is 11.6 Å². The Morgan fingerprint density at radius 1 is 1.24 bits per heavy atom. The van der Waals surface area contributed by atoms with E-state index in [9.17, 15) is 14.0 Å². The Hall–Kier alpha value is -2.63. The number of aromatic amines is 1. The second-order valence-electron chi connectivity index (χ2n) is 4.30. The lowest BCUT2D eigenvalue weighted by Gasteiger charge is -2.07. The van der Waals surface area contributed by atoms with E-state index in [1.807, 2.05) is 0 Å². The zero-order valence-electron chi connectivity index (χ0n) is 11.3. The van der Waals surface area contributed by atoms with Crippen molar-refractivity contribution in [2.24, 2.45) is 0 Å². The first-order chi connectivity index (χ1) is 10.2. The number of carbonyl (C=O) groups is 1. The smallest absolute Gasteiger partial charge is 0.260 e. The number of para-hydroxylation sites is 1. The van der Waals surface area contributed by atoms with Crippen LogP contribution in [0.25, 0.3) is 0 Å². The second-order valence-corrected chi connectivity index (χ2v) is 4.30. The Kier molecular flexibility index (Phi) is 5.09. The van der Waals surface area contributed by atoms with Crippen molar-refractivity contribution in [1.82, 2.24) is 10.3 Å². The maximum absolute atomic E-state index is 13.3. The maximum atomic E-state index is 13.3. The molecule has 0 fully saturated rings. The Balaban J connectivity index is 1.73. The van der Waals surface area contributed by atoms with E-state index in [-0.39, 0.29) is 17.9 Å². The van der Waals surface area contributed by atoms with Crippen molar-refractivity contribution < 1.29 is 13.9 Å². The minimum Gasteiger partial charge on any atom is -0.490 e. The predicted octanol–water partition coefficient (Wildman–Crippen LogP) is 1.71. The number of carbonyl (C=O) groups excluding carboxylic acids is 1. The van der Waals surface area contributed by atoms with Gasteiger partial charge in [0.1, 0.15) is 5.56 Å². The summed E-state index contributed by atoms with van der Waals surface area (Å²) in [5, 5.41) is 2.61. The van der Waals surface area contributed by atoms with Gasteiger partial charge in [0.25, 0.3) is 11.5 Å². The Labute approximate surface area is 120 Å². The zero-order chi connectivity index (χ0) is 15.1. The lowest BCUT2D eigenvalue weighted by molar-refractivity contribution is 0.0950. The van der Waals surface area contributed by atoms with Gasteiger partial charge in [0.05, 0.1) is 6.61 Å². The molecule has 2 N–H and O–H groups in total. The van der Waals surface area contributed by atoms with Crippen molar-refractivity contribution in [3.63, 3.8) is 0 Å². The number of benzene rings is 1. The largest absolute Gasteiger partial charge is 0.490 e. The molecule has 0 radical (unpaired) electrons. The van der Waals surface area contributed by atoms with Crippen LogP contribution in [0.15, 0.2) is 47.4 Å². The van der Waals surface area contributed by atoms with Gasteiger partial charge in [0.2, 0.25) is 0 Å². The van der Waals surface area contributed by atoms with Crippen LogP contribution in [-0.2, 0) is 0 Å². The molecule has 0 aliphatic rings. The molecule has 110 valence electrons. The summed E-state index contributed by atoms with van der Waals surface area (Å²) in [5.74, 6) is -0.677. The molecule has 2 rings (SSSR count). The van der Waals surface area contributed by atoms with E-state index in [0.717, 1.165) is 0 Å². The van der Waals surface area contributed by atoms with Crippen molar-refractivity contribution in [1.29, 1.82) is 0 Å². The Morgan fingerprint density at radius 2 is 2.05 bits per heavy atom. The van der Waals surface area contributed by atoms with Crippen LogP contribution in [0, 0.1) is 5.82 Å². The maximum Gasteiger partial charge on any atom is 0.260 e. The summed E-state index contributed by atoms with van der Waals surface area (Å²) in [5.41, 5.74) is -0.370. The topological polar surface area (TPSA) is 71.2 Å². The molecule has 1 aromatic heterocycles. The third-order valence-electron chi connectivity index (χ3n) is 2.76. The van der Waals surface area contributed by atoms with E-state index in [1.54, 1.807) is 18.2 Å². The highest BCUT2D eigenvalue weighted by molar-refractivity contribution is 5.93. The standard InChI is InChI=1S/C15H15FN2O3/c16-12-6-1-2-7-13(12)21-10-4-9-18-15(20)11-5-3-8-17-14(11)19/h1-3,5-8H,4,9-10H2,(H,17,19)(H,18,20). The molecular weight excluding hydrogens is 275 g/mol. The van der Waals surface area contributed by atoms with Gasteiger partial charge in [-0.2, -0.15) is 0 Å². The average Bonchev–Trinajstić information content (AvgIpc) is 2.49. The highest BCUT2D eigenvalue weighted by Gasteiger charge is 2.08. The van der Waals surface area contributed by atoms with Crippen LogP contribution in [-0.4, -0.2) is 24.0 Å². The molecule has 0 aliphatic carbocycles. The first-order valence-electron chi connectivity index (χ1n) is 6.51. The fourth-order valence-electron chi connectivity index (χ4n) is 1.71. The first kappa shape index (κ1) is 14.8. The molecule has 0 bridgehead atoms. The van der Waals surface area contributed by atoms with Crippen molar-refractivity contribution in [3.05, 3.63) is 64.3 Å². The average molecular weight is 290 g/mol. The van der Waals surface area contributed by atoms with Crippen LogP contribution in [0.5, 0.6) is 5.75 Å². The number of H-pyrrole nitrogens is 1. The summed E-state index contributed by atoms with van der Waals surface area (Å²) < 4.78 is 18.5. The van der Waals surface area contributed by atoms with Gasteiger partial charge in [-0.25, -0.2) is 4.39 Å². The zero-order valence-corrected chi connectivity index (χ0v) is 11.3. The first-order valence-corrected chi connectivity index (χ1v) is 6.51. The summed E-state index contributed by atoms with van der Waals surface area (Å²) in [7, 11) is 0. The Morgan fingerprint density at radius 3 is 2.81 bits per heavy atom. The second kappa shape index (κ2) is 7.23. The third-order valence-corrected chi connectivity index (χ3v) is 2.76. The molecule has 5 nitrogen and oxygen atoms in total. The highest BCUT2D eigenvalue weighted by atomic mass is 19.1. The molecule has 0 spiro atoms. The van der Waals surface area contributed by atoms with E-state index in [1.165, 1.54) is 24.4 Å². The molecule has 0 saturated heterocycles. The summed E-state index contributed by atoms with van der Waals surface area (Å²) in [6, 6.07) is 9.15. The fourth-order valence-corrected chi connectivity index (χ4v) is 1.71. The molecule has 2 aromatic rings. The number of amides is 1. The van der Waals surface area contributed by atoms with Gasteiger partial charge < -0.3 is 15.0 Å². The lowest BCUT2D eigenvalue weighted by atomic mass is 10.2. The molecule has 1 heterocycles. The fraction of sp³-hybridized carbons (Fsp3) is 0.200. The third kappa shape index (κ3) is 4.17. The summed E-state index contributed by atoms with van der Waals surface area (Å²) in [6.07, 6.45) is 1.96. The Bertz CT molecular complexity index is 670. The van der Waals surface area contributed by atoms with Crippen LogP contribution >= 0.6 is 0 Å². The minimum atomic E-state index is -0.442. The molecule has 0 atom stereocenters. The summed E-state index contributed by atoms with van der Waals surface area (Å²) >= 11 is 0. The van der Waals surface area contributed by atoms with Crippen molar-refractivity contribution in [2.75, 3.05) is 13.2 Å². The van der Waals surface area contributed by atoms with Gasteiger partial charge >= 0.3 is 0 Å². The van der Waals surface area contributed by atoms with E-state index in [0.29, 0.717) is 13.0 Å². The minimum absolute atomic E-state index is 0.0625. The monoisotopic (exact) mass is 290 g/mol. The van der Waals surface area contributed by atoms with Crippen LogP contribution < -0.4 is 15.6 Å². The SMILES string of the molecule is O=C(NCCCOc1ccccc1F)c1ccc[nH]c1=O. The number of ether oxygens (including phenoxy) is 1. The number of nitrogens with one attached hydrogen (secondary N) is 2. The van der Waals surface area contributed by atoms with Gasteiger partial charge in [-0.1, -0.05) is 12.1 Å². The van der Waals surface area contributed by atoms with Gasteiger partial charge in [-0.15, -0.1) is 0 Å². The van der Waals surface area contributed by atoms with E-state index < -0.39 is 17.3 Å². The lowest BCUT2D eigenvalue weighted by Crippen LogP contribution is -2.30. The molecule has 21 heavy (non-hydrogen) atoms. The molecule has 0 aliphatic heterocycles. The number of halogens is 1. The number of hydrogen-bond acceptors (Lipinski definition) is 3. The van der Waals surface area contributed by atoms with E-state index in [4.69, 9.17) is 4.74 Å². The van der Waals surface area contributed by atoms with Crippen LogP contribution in [0.3, 0.4) is 0 Å².